The molecule has 0 spiro atoms. The zero-order valence-electron chi connectivity index (χ0n) is 16.4. The van der Waals surface area contributed by atoms with Crippen LogP contribution in [0.4, 0.5) is 9.18 Å². The Morgan fingerprint density at radius 2 is 2.14 bits per heavy atom. The number of carbonyl (C=O) groups is 1. The monoisotopic (exact) mass is 390 g/mol. The lowest BCUT2D eigenvalue weighted by molar-refractivity contribution is 0.189. The molecule has 28 heavy (non-hydrogen) atoms. The molecule has 9 heteroatoms. The lowest BCUT2D eigenvalue weighted by atomic mass is 10.0. The first-order valence-electron chi connectivity index (χ1n) is 9.47. The summed E-state index contributed by atoms with van der Waals surface area (Å²) < 4.78 is 18.4. The summed E-state index contributed by atoms with van der Waals surface area (Å²) in [7, 11) is 2.03. The van der Waals surface area contributed by atoms with E-state index in [1.807, 2.05) is 20.9 Å². The summed E-state index contributed by atoms with van der Waals surface area (Å²) in [6, 6.07) is 5.29. The van der Waals surface area contributed by atoms with Gasteiger partial charge in [0.15, 0.2) is 5.82 Å². The molecule has 2 amide bonds. The molecule has 8 nitrogen and oxygen atoms in total. The summed E-state index contributed by atoms with van der Waals surface area (Å²) in [4.78, 5) is 19.0. The number of nitrogens with zero attached hydrogens (tertiary/aromatic N) is 3. The van der Waals surface area contributed by atoms with E-state index in [4.69, 9.17) is 4.52 Å². The number of piperazine rings is 1. The largest absolute Gasteiger partial charge is 0.337 e. The third-order valence-electron chi connectivity index (χ3n) is 4.85. The molecule has 1 saturated heterocycles. The Morgan fingerprint density at radius 3 is 2.82 bits per heavy atom. The van der Waals surface area contributed by atoms with Crippen LogP contribution in [0.1, 0.15) is 43.2 Å². The van der Waals surface area contributed by atoms with Gasteiger partial charge in [-0.3, -0.25) is 4.90 Å². The van der Waals surface area contributed by atoms with Crippen LogP contribution in [-0.4, -0.2) is 47.8 Å². The quantitative estimate of drug-likeness (QED) is 0.698. The molecule has 2 atom stereocenters. The van der Waals surface area contributed by atoms with Gasteiger partial charge in [0.2, 0.25) is 5.89 Å². The topological polar surface area (TPSA) is 95.3 Å². The number of halogens is 1. The molecule has 1 aliphatic heterocycles. The van der Waals surface area contributed by atoms with Crippen LogP contribution in [0, 0.1) is 11.7 Å². The van der Waals surface area contributed by atoms with Crippen molar-refractivity contribution < 1.29 is 13.7 Å². The summed E-state index contributed by atoms with van der Waals surface area (Å²) in [6.45, 7) is 6.85. The van der Waals surface area contributed by atoms with Gasteiger partial charge in [-0.1, -0.05) is 31.1 Å². The molecule has 2 aromatic rings. The number of benzene rings is 1. The highest BCUT2D eigenvalue weighted by molar-refractivity contribution is 5.74. The van der Waals surface area contributed by atoms with E-state index in [-0.39, 0.29) is 23.8 Å². The van der Waals surface area contributed by atoms with Crippen molar-refractivity contribution in [3.8, 4) is 0 Å². The number of rotatable bonds is 6. The Bertz CT molecular complexity index is 779. The molecule has 0 bridgehead atoms. The first-order chi connectivity index (χ1) is 13.4. The second-order valence-corrected chi connectivity index (χ2v) is 7.37. The number of aromatic nitrogens is 2. The molecule has 3 rings (SSSR count). The van der Waals surface area contributed by atoms with Crippen molar-refractivity contribution in [1.29, 1.82) is 0 Å². The highest BCUT2D eigenvalue weighted by Gasteiger charge is 2.29. The third kappa shape index (κ3) is 5.05. The average Bonchev–Trinajstić information content (AvgIpc) is 3.15. The maximum absolute atomic E-state index is 13.0. The first kappa shape index (κ1) is 20.2. The summed E-state index contributed by atoms with van der Waals surface area (Å²) in [6.07, 6.45) is 0. The van der Waals surface area contributed by atoms with Crippen molar-refractivity contribution >= 4 is 6.03 Å². The fourth-order valence-electron chi connectivity index (χ4n) is 3.09. The van der Waals surface area contributed by atoms with Gasteiger partial charge in [-0.15, -0.1) is 0 Å². The van der Waals surface area contributed by atoms with E-state index in [0.29, 0.717) is 18.3 Å². The number of hydrogen-bond donors (Lipinski definition) is 3. The molecule has 1 aromatic heterocycles. The Hall–Kier alpha value is -2.52. The van der Waals surface area contributed by atoms with Gasteiger partial charge >= 0.3 is 6.03 Å². The van der Waals surface area contributed by atoms with Crippen molar-refractivity contribution in [2.75, 3.05) is 26.7 Å². The number of carbonyl (C=O) groups excluding carboxylic acids is 1. The van der Waals surface area contributed by atoms with Gasteiger partial charge < -0.3 is 20.5 Å². The van der Waals surface area contributed by atoms with E-state index >= 15 is 0 Å². The summed E-state index contributed by atoms with van der Waals surface area (Å²) in [5.74, 6) is 0.760. The lowest BCUT2D eigenvalue weighted by Crippen LogP contribution is -2.44. The minimum absolute atomic E-state index is 0.0476. The van der Waals surface area contributed by atoms with Crippen LogP contribution in [0.15, 0.2) is 28.8 Å². The van der Waals surface area contributed by atoms with Crippen molar-refractivity contribution in [2.45, 2.75) is 32.5 Å². The van der Waals surface area contributed by atoms with Crippen LogP contribution in [0.5, 0.6) is 0 Å². The number of likely N-dealkylation sites (N-methyl/N-ethyl adjacent to an activating group) is 1. The van der Waals surface area contributed by atoms with Crippen LogP contribution >= 0.6 is 0 Å². The van der Waals surface area contributed by atoms with Crippen LogP contribution in [0.25, 0.3) is 0 Å². The molecule has 1 aromatic carbocycles. The molecular formula is C19H27FN6O2. The average molecular weight is 390 g/mol. The van der Waals surface area contributed by atoms with E-state index in [1.54, 1.807) is 12.1 Å². The molecule has 0 radical (unpaired) electrons. The van der Waals surface area contributed by atoms with Gasteiger partial charge in [-0.05, 0) is 30.7 Å². The van der Waals surface area contributed by atoms with Crippen molar-refractivity contribution in [3.05, 3.63) is 47.4 Å². The van der Waals surface area contributed by atoms with Crippen molar-refractivity contribution in [3.63, 3.8) is 0 Å². The van der Waals surface area contributed by atoms with E-state index < -0.39 is 6.04 Å². The van der Waals surface area contributed by atoms with Crippen molar-refractivity contribution in [2.24, 2.45) is 5.92 Å². The van der Waals surface area contributed by atoms with Crippen molar-refractivity contribution in [1.82, 2.24) is 31.0 Å². The van der Waals surface area contributed by atoms with Crippen LogP contribution < -0.4 is 16.0 Å². The number of hydrogen-bond acceptors (Lipinski definition) is 6. The van der Waals surface area contributed by atoms with Crippen LogP contribution in [0.2, 0.25) is 0 Å². The molecular weight excluding hydrogens is 363 g/mol. The molecule has 2 heterocycles. The fourth-order valence-corrected chi connectivity index (χ4v) is 3.09. The molecule has 2 unspecified atom stereocenters. The predicted molar refractivity (Wildman–Crippen MR) is 102 cm³/mol. The number of urea groups is 1. The lowest BCUT2D eigenvalue weighted by Gasteiger charge is -2.30. The zero-order valence-corrected chi connectivity index (χ0v) is 16.4. The maximum Gasteiger partial charge on any atom is 0.315 e. The van der Waals surface area contributed by atoms with Crippen LogP contribution in [0.3, 0.4) is 0 Å². The standard InChI is InChI=1S/C19H27FN6O2/c1-12(2)16(23-19(27)22-10-13-4-6-14(20)7-5-13)18-24-17(25-28-18)15-11-21-8-9-26(15)3/h4-7,12,15-16,21H,8-11H2,1-3H3,(H2,22,23,27). The molecule has 3 N–H and O–H groups in total. The highest BCUT2D eigenvalue weighted by Crippen LogP contribution is 2.23. The Balaban J connectivity index is 1.61. The molecule has 0 aliphatic carbocycles. The van der Waals surface area contributed by atoms with Crippen LogP contribution in [-0.2, 0) is 6.54 Å². The zero-order chi connectivity index (χ0) is 20.1. The first-order valence-corrected chi connectivity index (χ1v) is 9.47. The van der Waals surface area contributed by atoms with Gasteiger partial charge in [0.25, 0.3) is 0 Å². The third-order valence-corrected chi connectivity index (χ3v) is 4.85. The molecule has 1 fully saturated rings. The molecule has 0 saturated carbocycles. The number of amides is 2. The summed E-state index contributed by atoms with van der Waals surface area (Å²) in [5, 5.41) is 13.1. The maximum atomic E-state index is 13.0. The molecule has 1 aliphatic rings. The van der Waals surface area contributed by atoms with Gasteiger partial charge in [-0.25, -0.2) is 9.18 Å². The second kappa shape index (κ2) is 9.11. The van der Waals surface area contributed by atoms with Gasteiger partial charge in [-0.2, -0.15) is 4.98 Å². The fraction of sp³-hybridized carbons (Fsp3) is 0.526. The predicted octanol–water partition coefficient (Wildman–Crippen LogP) is 1.98. The normalized spacial score (nSPS) is 18.8. The highest BCUT2D eigenvalue weighted by atomic mass is 19.1. The van der Waals surface area contributed by atoms with Gasteiger partial charge in [0, 0.05) is 26.2 Å². The van der Waals surface area contributed by atoms with Gasteiger partial charge in [0.1, 0.15) is 11.9 Å². The van der Waals surface area contributed by atoms with Gasteiger partial charge in [0.05, 0.1) is 6.04 Å². The van der Waals surface area contributed by atoms with E-state index in [9.17, 15) is 9.18 Å². The SMILES string of the molecule is CC(C)C(NC(=O)NCc1ccc(F)cc1)c1nc(C2CNCCN2C)no1. The minimum atomic E-state index is -0.406. The smallest absolute Gasteiger partial charge is 0.315 e. The summed E-state index contributed by atoms with van der Waals surface area (Å²) >= 11 is 0. The Morgan fingerprint density at radius 1 is 1.39 bits per heavy atom. The second-order valence-electron chi connectivity index (χ2n) is 7.37. The van der Waals surface area contributed by atoms with E-state index in [1.165, 1.54) is 12.1 Å². The Kier molecular flexibility index (Phi) is 6.58. The number of nitrogens with one attached hydrogen (secondary N) is 3. The minimum Gasteiger partial charge on any atom is -0.337 e. The summed E-state index contributed by atoms with van der Waals surface area (Å²) in [5.41, 5.74) is 0.811. The van der Waals surface area contributed by atoms with E-state index in [2.05, 4.69) is 31.0 Å². The molecule has 152 valence electrons. The van der Waals surface area contributed by atoms with E-state index in [0.717, 1.165) is 25.2 Å². The Labute approximate surface area is 163 Å².